The molecular formula is C32H34FN8O5S3+. The van der Waals surface area contributed by atoms with Crippen LogP contribution < -0.4 is 25.8 Å². The van der Waals surface area contributed by atoms with E-state index in [1.165, 1.54) is 34.5 Å². The summed E-state index contributed by atoms with van der Waals surface area (Å²) >= 11 is 3.85. The minimum Gasteiger partial charge on any atom is -0.477 e. The first kappa shape index (κ1) is 34.4. The number of nitrogen functional groups attached to an aromatic ring is 1. The minimum atomic E-state index is -1.24. The van der Waals surface area contributed by atoms with Gasteiger partial charge in [-0.05, 0) is 17.7 Å². The van der Waals surface area contributed by atoms with Gasteiger partial charge in [-0.1, -0.05) is 24.4 Å². The van der Waals surface area contributed by atoms with Crippen LogP contribution >= 0.6 is 34.9 Å². The maximum atomic E-state index is 15.6. The third-order valence-corrected chi connectivity index (χ3v) is 11.3. The SMILES string of the molecule is C=CCO/N=C(\C(=O)NC1C(=O)N2C(C(=O)O)=C(CSc3cc[n+](CC=C)c4cc(N5CCNCC5)c(F)cc34)CSC12)c1csc(N)n1. The second-order valence-electron chi connectivity index (χ2n) is 11.2. The van der Waals surface area contributed by atoms with Crippen LogP contribution in [-0.2, 0) is 25.8 Å². The lowest BCUT2D eigenvalue weighted by atomic mass is 10.0. The van der Waals surface area contributed by atoms with Crippen molar-refractivity contribution in [2.75, 3.05) is 54.9 Å². The van der Waals surface area contributed by atoms with E-state index in [1.54, 1.807) is 17.5 Å². The fourth-order valence-corrected chi connectivity index (χ4v) is 8.88. The molecule has 2 saturated heterocycles. The highest BCUT2D eigenvalue weighted by atomic mass is 32.2. The van der Waals surface area contributed by atoms with E-state index in [0.29, 0.717) is 42.0 Å². The number of thiazole rings is 1. The van der Waals surface area contributed by atoms with E-state index < -0.39 is 29.2 Å². The summed E-state index contributed by atoms with van der Waals surface area (Å²) in [6.45, 7) is 10.9. The number of amides is 2. The molecule has 0 saturated carbocycles. The van der Waals surface area contributed by atoms with E-state index in [1.807, 2.05) is 27.8 Å². The van der Waals surface area contributed by atoms with Crippen LogP contribution in [0.15, 0.2) is 76.4 Å². The van der Waals surface area contributed by atoms with Gasteiger partial charge in [0.2, 0.25) is 5.52 Å². The number of hydrogen-bond donors (Lipinski definition) is 4. The molecule has 256 valence electrons. The van der Waals surface area contributed by atoms with Crippen molar-refractivity contribution in [1.29, 1.82) is 0 Å². The van der Waals surface area contributed by atoms with Crippen LogP contribution in [0.3, 0.4) is 0 Å². The number of carboxylic acid groups (broad SMARTS) is 1. The molecule has 3 aliphatic heterocycles. The van der Waals surface area contributed by atoms with E-state index in [2.05, 4.69) is 33.9 Å². The molecule has 0 aliphatic carbocycles. The van der Waals surface area contributed by atoms with Gasteiger partial charge < -0.3 is 31.2 Å². The third kappa shape index (κ3) is 7.01. The Morgan fingerprint density at radius 3 is 2.80 bits per heavy atom. The Labute approximate surface area is 293 Å². The first-order valence-corrected chi connectivity index (χ1v) is 18.2. The summed E-state index contributed by atoms with van der Waals surface area (Å²) in [7, 11) is 0. The zero-order chi connectivity index (χ0) is 34.7. The van der Waals surface area contributed by atoms with Gasteiger partial charge >= 0.3 is 5.97 Å². The molecule has 3 aliphatic rings. The highest BCUT2D eigenvalue weighted by Crippen LogP contribution is 2.42. The van der Waals surface area contributed by atoms with Crippen LogP contribution in [0.2, 0.25) is 0 Å². The number of fused-ring (bicyclic) bond motifs is 2. The first-order valence-electron chi connectivity index (χ1n) is 15.3. The number of rotatable bonds is 13. The average Bonchev–Trinajstić information content (AvgIpc) is 3.53. The van der Waals surface area contributed by atoms with Crippen LogP contribution in [0.5, 0.6) is 0 Å². The molecular weight excluding hydrogens is 692 g/mol. The van der Waals surface area contributed by atoms with E-state index in [9.17, 15) is 19.5 Å². The molecule has 49 heavy (non-hydrogen) atoms. The summed E-state index contributed by atoms with van der Waals surface area (Å²) in [4.78, 5) is 52.4. The molecule has 0 spiro atoms. The van der Waals surface area contributed by atoms with Crippen molar-refractivity contribution < 1.29 is 33.3 Å². The van der Waals surface area contributed by atoms with Gasteiger partial charge in [-0.15, -0.1) is 34.9 Å². The van der Waals surface area contributed by atoms with Crippen LogP contribution in [0.25, 0.3) is 10.9 Å². The van der Waals surface area contributed by atoms with E-state index in [4.69, 9.17) is 10.6 Å². The number of pyridine rings is 1. The van der Waals surface area contributed by atoms with Crippen LogP contribution in [-0.4, -0.2) is 94.2 Å². The number of oxime groups is 1. The molecule has 5 N–H and O–H groups in total. The second kappa shape index (κ2) is 15.0. The number of carboxylic acids is 1. The number of thioether (sulfide) groups is 2. The van der Waals surface area contributed by atoms with Crippen molar-refractivity contribution in [3.05, 3.63) is 77.9 Å². The number of allylic oxidation sites excluding steroid dienone is 1. The van der Waals surface area contributed by atoms with Crippen LogP contribution in [0, 0.1) is 5.82 Å². The second-order valence-corrected chi connectivity index (χ2v) is 14.2. The van der Waals surface area contributed by atoms with Crippen molar-refractivity contribution in [1.82, 2.24) is 20.5 Å². The van der Waals surface area contributed by atoms with Crippen LogP contribution in [0.1, 0.15) is 5.69 Å². The molecule has 2 atom stereocenters. The number of halogens is 1. The summed E-state index contributed by atoms with van der Waals surface area (Å²) in [6, 6.07) is 4.30. The van der Waals surface area contributed by atoms with Gasteiger partial charge in [0.05, 0.1) is 11.1 Å². The van der Waals surface area contributed by atoms with Gasteiger partial charge in [0.25, 0.3) is 11.8 Å². The highest BCUT2D eigenvalue weighted by Gasteiger charge is 2.54. The number of nitrogens with zero attached hydrogens (tertiary/aromatic N) is 5. The minimum absolute atomic E-state index is 0.0403. The fraction of sp³-hybridized carbons (Fsp3) is 0.312. The van der Waals surface area contributed by atoms with Crippen molar-refractivity contribution in [3.63, 3.8) is 0 Å². The van der Waals surface area contributed by atoms with Gasteiger partial charge in [-0.3, -0.25) is 14.5 Å². The molecule has 6 rings (SSSR count). The summed E-state index contributed by atoms with van der Waals surface area (Å²) in [6.07, 6.45) is 5.15. The molecule has 2 fully saturated rings. The van der Waals surface area contributed by atoms with Crippen molar-refractivity contribution in [3.8, 4) is 0 Å². The van der Waals surface area contributed by atoms with Gasteiger partial charge in [0.1, 0.15) is 35.2 Å². The number of nitrogens with two attached hydrogens (primary N) is 1. The molecule has 1 aromatic carbocycles. The molecule has 17 heteroatoms. The standard InChI is InChI=1S/C32H33FN8O5S3/c1-3-8-39-9-5-24(19-13-20(33)23(14-22(19)39)40-10-6-35-7-11-40)47-15-18-16-48-30-26(29(43)41(30)27(18)31(44)45)37-28(42)25(38-46-12-4-2)21-17-49-32(34)36-21/h3-5,9,13-14,17,26,30,35H,1-2,6-8,10-12,15-16H2,(H3-,34,36,37,42,44,45)/p+1/b38-25-. The largest absolute Gasteiger partial charge is 0.477 e. The number of aliphatic carboxylic acids is 1. The van der Waals surface area contributed by atoms with Crippen LogP contribution in [0.4, 0.5) is 15.2 Å². The Morgan fingerprint density at radius 1 is 1.31 bits per heavy atom. The molecule has 0 radical (unpaired) electrons. The Hall–Kier alpha value is -4.45. The number of benzene rings is 1. The van der Waals surface area contributed by atoms with Crippen molar-refractivity contribution in [2.24, 2.45) is 5.16 Å². The van der Waals surface area contributed by atoms with E-state index in [-0.39, 0.29) is 40.4 Å². The molecule has 0 bridgehead atoms. The van der Waals surface area contributed by atoms with E-state index >= 15 is 4.39 Å². The Bertz CT molecular complexity index is 1890. The molecule has 13 nitrogen and oxygen atoms in total. The van der Waals surface area contributed by atoms with Gasteiger partial charge in [0.15, 0.2) is 23.6 Å². The Morgan fingerprint density at radius 2 is 2.10 bits per heavy atom. The Balaban J connectivity index is 1.22. The normalized spacial score (nSPS) is 19.4. The summed E-state index contributed by atoms with van der Waals surface area (Å²) in [5.41, 5.74) is 7.54. The lowest BCUT2D eigenvalue weighted by molar-refractivity contribution is -0.661. The number of piperazine rings is 1. The number of carbonyl (C=O) groups excluding carboxylic acids is 2. The maximum Gasteiger partial charge on any atom is 0.352 e. The number of β-lactam (4-membered cyclic amide) rings is 1. The number of hydrogen-bond acceptors (Lipinski definition) is 12. The Kier molecular flexibility index (Phi) is 10.5. The molecule has 2 unspecified atom stereocenters. The van der Waals surface area contributed by atoms with Crippen molar-refractivity contribution >= 4 is 80.1 Å². The molecule has 2 amide bonds. The molecule has 3 aromatic rings. The summed E-state index contributed by atoms with van der Waals surface area (Å²) < 4.78 is 17.6. The number of anilines is 2. The van der Waals surface area contributed by atoms with E-state index in [0.717, 1.165) is 34.8 Å². The van der Waals surface area contributed by atoms with Crippen molar-refractivity contribution in [2.45, 2.75) is 22.9 Å². The maximum absolute atomic E-state index is 15.6. The number of carbonyl (C=O) groups is 3. The van der Waals surface area contributed by atoms with Gasteiger partial charge in [-0.25, -0.2) is 14.2 Å². The first-order chi connectivity index (χ1) is 23.7. The fourth-order valence-electron chi connectivity index (χ4n) is 5.81. The monoisotopic (exact) mass is 725 g/mol. The zero-order valence-corrected chi connectivity index (χ0v) is 28.7. The molecule has 2 aromatic heterocycles. The predicted molar refractivity (Wildman–Crippen MR) is 189 cm³/mol. The lowest BCUT2D eigenvalue weighted by Crippen LogP contribution is -2.71. The molecule has 5 heterocycles. The third-order valence-electron chi connectivity index (χ3n) is 8.10. The quantitative estimate of drug-likeness (QED) is 0.0389. The number of nitrogens with one attached hydrogen (secondary N) is 2. The smallest absolute Gasteiger partial charge is 0.352 e. The number of aromatic nitrogens is 2. The predicted octanol–water partition coefficient (Wildman–Crippen LogP) is 2.34. The summed E-state index contributed by atoms with van der Waals surface area (Å²) in [5.74, 6) is -2.28. The zero-order valence-electron chi connectivity index (χ0n) is 26.3. The van der Waals surface area contributed by atoms with Gasteiger partial charge in [-0.2, -0.15) is 4.57 Å². The van der Waals surface area contributed by atoms with Gasteiger partial charge in [0, 0.05) is 60.1 Å². The summed E-state index contributed by atoms with van der Waals surface area (Å²) in [5, 5.41) is 21.9. The lowest BCUT2D eigenvalue weighted by Gasteiger charge is -2.49. The topological polar surface area (TPSA) is 166 Å². The highest BCUT2D eigenvalue weighted by molar-refractivity contribution is 8.01. The average molecular weight is 726 g/mol.